The van der Waals surface area contributed by atoms with Crippen molar-refractivity contribution in [2.45, 2.75) is 13.5 Å². The molecule has 0 spiro atoms. The Morgan fingerprint density at radius 2 is 2.00 bits per heavy atom. The molecule has 0 aliphatic heterocycles. The van der Waals surface area contributed by atoms with Gasteiger partial charge in [-0.15, -0.1) is 0 Å². The molecule has 0 radical (unpaired) electrons. The molecular formula is C8H8Cl2O. The van der Waals surface area contributed by atoms with E-state index in [0.717, 1.165) is 11.1 Å². The zero-order chi connectivity index (χ0) is 8.43. The molecule has 0 amide bonds. The number of rotatable bonds is 1. The van der Waals surface area contributed by atoms with E-state index < -0.39 is 0 Å². The maximum absolute atomic E-state index is 8.85. The summed E-state index contributed by atoms with van der Waals surface area (Å²) >= 11 is 11.5. The van der Waals surface area contributed by atoms with Crippen LogP contribution in [0.5, 0.6) is 0 Å². The van der Waals surface area contributed by atoms with Gasteiger partial charge in [-0.25, -0.2) is 0 Å². The van der Waals surface area contributed by atoms with E-state index in [2.05, 4.69) is 0 Å². The van der Waals surface area contributed by atoms with Crippen LogP contribution in [0.2, 0.25) is 10.0 Å². The number of hydrogen-bond acceptors (Lipinski definition) is 1. The van der Waals surface area contributed by atoms with Gasteiger partial charge in [-0.1, -0.05) is 23.2 Å². The molecule has 1 N–H and O–H groups in total. The molecule has 1 aromatic carbocycles. The van der Waals surface area contributed by atoms with Crippen molar-refractivity contribution in [3.05, 3.63) is 33.3 Å². The maximum atomic E-state index is 8.85. The van der Waals surface area contributed by atoms with Gasteiger partial charge in [0.25, 0.3) is 0 Å². The maximum Gasteiger partial charge on any atom is 0.0685 e. The van der Waals surface area contributed by atoms with Crippen molar-refractivity contribution in [2.24, 2.45) is 0 Å². The molecule has 0 atom stereocenters. The van der Waals surface area contributed by atoms with Crippen molar-refractivity contribution in [3.63, 3.8) is 0 Å². The summed E-state index contributed by atoms with van der Waals surface area (Å²) in [4.78, 5) is 0. The topological polar surface area (TPSA) is 20.2 Å². The molecule has 0 aliphatic carbocycles. The smallest absolute Gasteiger partial charge is 0.0685 e. The molecule has 11 heavy (non-hydrogen) atoms. The molecule has 3 heteroatoms. The lowest BCUT2D eigenvalue weighted by atomic mass is 10.1. The average Bonchev–Trinajstić information content (AvgIpc) is 1.96. The summed E-state index contributed by atoms with van der Waals surface area (Å²) in [7, 11) is 0. The zero-order valence-electron chi connectivity index (χ0n) is 6.06. The third-order valence-corrected chi connectivity index (χ3v) is 2.20. The van der Waals surface area contributed by atoms with Crippen LogP contribution in [-0.2, 0) is 6.61 Å². The Morgan fingerprint density at radius 3 is 2.55 bits per heavy atom. The SMILES string of the molecule is Cc1c(Cl)cc(Cl)cc1CO. The monoisotopic (exact) mass is 190 g/mol. The van der Waals surface area contributed by atoms with E-state index in [0.29, 0.717) is 10.0 Å². The van der Waals surface area contributed by atoms with Gasteiger partial charge in [0, 0.05) is 10.0 Å². The number of aliphatic hydroxyl groups is 1. The molecule has 0 fully saturated rings. The van der Waals surface area contributed by atoms with Crippen LogP contribution in [0.15, 0.2) is 12.1 Å². The highest BCUT2D eigenvalue weighted by atomic mass is 35.5. The normalized spacial score (nSPS) is 10.2. The summed E-state index contributed by atoms with van der Waals surface area (Å²) in [6.07, 6.45) is 0. The van der Waals surface area contributed by atoms with Gasteiger partial charge in [-0.2, -0.15) is 0 Å². The predicted octanol–water partition coefficient (Wildman–Crippen LogP) is 2.79. The second-order valence-electron chi connectivity index (χ2n) is 2.33. The Morgan fingerprint density at radius 1 is 1.36 bits per heavy atom. The lowest BCUT2D eigenvalue weighted by Gasteiger charge is -2.04. The lowest BCUT2D eigenvalue weighted by molar-refractivity contribution is 0.281. The van der Waals surface area contributed by atoms with Gasteiger partial charge in [-0.05, 0) is 30.2 Å². The summed E-state index contributed by atoms with van der Waals surface area (Å²) in [5, 5.41) is 10.0. The second-order valence-corrected chi connectivity index (χ2v) is 3.17. The molecule has 0 bridgehead atoms. The zero-order valence-corrected chi connectivity index (χ0v) is 7.58. The van der Waals surface area contributed by atoms with E-state index >= 15 is 0 Å². The predicted molar refractivity (Wildman–Crippen MR) is 47.1 cm³/mol. The number of hydrogen-bond donors (Lipinski definition) is 1. The van der Waals surface area contributed by atoms with Crippen molar-refractivity contribution in [1.29, 1.82) is 0 Å². The number of aliphatic hydroxyl groups excluding tert-OH is 1. The van der Waals surface area contributed by atoms with Crippen molar-refractivity contribution < 1.29 is 5.11 Å². The van der Waals surface area contributed by atoms with Crippen LogP contribution in [0, 0.1) is 6.92 Å². The minimum atomic E-state index is -0.0217. The van der Waals surface area contributed by atoms with E-state index in [1.807, 2.05) is 6.92 Å². The molecule has 60 valence electrons. The molecule has 1 aromatic rings. The molecule has 0 saturated heterocycles. The van der Waals surface area contributed by atoms with E-state index in [9.17, 15) is 0 Å². The molecule has 1 nitrogen and oxygen atoms in total. The highest BCUT2D eigenvalue weighted by molar-refractivity contribution is 6.35. The van der Waals surface area contributed by atoms with Crippen molar-refractivity contribution in [1.82, 2.24) is 0 Å². The van der Waals surface area contributed by atoms with E-state index in [-0.39, 0.29) is 6.61 Å². The number of halogens is 2. The van der Waals surface area contributed by atoms with Crippen LogP contribution in [0.25, 0.3) is 0 Å². The van der Waals surface area contributed by atoms with Gasteiger partial charge in [0.05, 0.1) is 6.61 Å². The van der Waals surface area contributed by atoms with Crippen LogP contribution in [0.3, 0.4) is 0 Å². The summed E-state index contributed by atoms with van der Waals surface area (Å²) < 4.78 is 0. The lowest BCUT2D eigenvalue weighted by Crippen LogP contribution is -1.88. The molecule has 0 saturated carbocycles. The van der Waals surface area contributed by atoms with Crippen LogP contribution < -0.4 is 0 Å². The minimum absolute atomic E-state index is 0.0217. The van der Waals surface area contributed by atoms with Gasteiger partial charge in [0.2, 0.25) is 0 Å². The summed E-state index contributed by atoms with van der Waals surface area (Å²) in [5.41, 5.74) is 1.67. The van der Waals surface area contributed by atoms with Crippen LogP contribution in [0.4, 0.5) is 0 Å². The van der Waals surface area contributed by atoms with E-state index in [4.69, 9.17) is 28.3 Å². The first-order valence-corrected chi connectivity index (χ1v) is 3.96. The van der Waals surface area contributed by atoms with E-state index in [1.54, 1.807) is 12.1 Å². The van der Waals surface area contributed by atoms with Crippen LogP contribution in [-0.4, -0.2) is 5.11 Å². The molecular weight excluding hydrogens is 183 g/mol. The van der Waals surface area contributed by atoms with Gasteiger partial charge in [0.1, 0.15) is 0 Å². The second kappa shape index (κ2) is 3.44. The van der Waals surface area contributed by atoms with Gasteiger partial charge in [0.15, 0.2) is 0 Å². The van der Waals surface area contributed by atoms with Crippen LogP contribution in [0.1, 0.15) is 11.1 Å². The Balaban J connectivity index is 3.24. The quantitative estimate of drug-likeness (QED) is 0.723. The summed E-state index contributed by atoms with van der Waals surface area (Å²) in [5.74, 6) is 0. The van der Waals surface area contributed by atoms with Gasteiger partial charge in [-0.3, -0.25) is 0 Å². The van der Waals surface area contributed by atoms with Crippen molar-refractivity contribution in [3.8, 4) is 0 Å². The first kappa shape index (κ1) is 8.85. The standard InChI is InChI=1S/C8H8Cl2O/c1-5-6(4-11)2-7(9)3-8(5)10/h2-3,11H,4H2,1H3. The highest BCUT2D eigenvalue weighted by Gasteiger charge is 2.02. The Kier molecular flexibility index (Phi) is 2.77. The third-order valence-electron chi connectivity index (χ3n) is 1.59. The van der Waals surface area contributed by atoms with Gasteiger partial charge < -0.3 is 5.11 Å². The largest absolute Gasteiger partial charge is 0.392 e. The Hall–Kier alpha value is -0.240. The fraction of sp³-hybridized carbons (Fsp3) is 0.250. The van der Waals surface area contributed by atoms with Crippen LogP contribution >= 0.6 is 23.2 Å². The van der Waals surface area contributed by atoms with E-state index in [1.165, 1.54) is 0 Å². The summed E-state index contributed by atoms with van der Waals surface area (Å²) in [6.45, 7) is 1.83. The number of benzene rings is 1. The van der Waals surface area contributed by atoms with Crippen molar-refractivity contribution >= 4 is 23.2 Å². The van der Waals surface area contributed by atoms with Gasteiger partial charge >= 0.3 is 0 Å². The molecule has 0 unspecified atom stereocenters. The molecule has 0 heterocycles. The first-order valence-electron chi connectivity index (χ1n) is 3.20. The molecule has 1 rings (SSSR count). The third kappa shape index (κ3) is 1.86. The highest BCUT2D eigenvalue weighted by Crippen LogP contribution is 2.24. The average molecular weight is 191 g/mol. The molecule has 0 aromatic heterocycles. The summed E-state index contributed by atoms with van der Waals surface area (Å²) in [6, 6.07) is 3.38. The minimum Gasteiger partial charge on any atom is -0.392 e. The first-order chi connectivity index (χ1) is 5.15. The Labute approximate surface area is 75.6 Å². The Bertz CT molecular complexity index is 271. The molecule has 0 aliphatic rings. The fourth-order valence-corrected chi connectivity index (χ4v) is 1.40. The fourth-order valence-electron chi connectivity index (χ4n) is 0.863. The van der Waals surface area contributed by atoms with Crippen molar-refractivity contribution in [2.75, 3.05) is 0 Å².